The van der Waals surface area contributed by atoms with Crippen LogP contribution in [0.4, 0.5) is 0 Å². The molecule has 1 fully saturated rings. The zero-order valence-corrected chi connectivity index (χ0v) is 17.5. The largest absolute Gasteiger partial charge is 0.355 e. The van der Waals surface area contributed by atoms with Gasteiger partial charge in [0.25, 0.3) is 0 Å². The van der Waals surface area contributed by atoms with E-state index < -0.39 is 0 Å². The van der Waals surface area contributed by atoms with E-state index in [1.807, 2.05) is 7.05 Å². The summed E-state index contributed by atoms with van der Waals surface area (Å²) in [6, 6.07) is 15.6. The van der Waals surface area contributed by atoms with E-state index in [0.29, 0.717) is 6.04 Å². The molecule has 2 aromatic rings. The molecule has 4 nitrogen and oxygen atoms in total. The lowest BCUT2D eigenvalue weighted by Crippen LogP contribution is -2.44. The van der Waals surface area contributed by atoms with Gasteiger partial charge in [0, 0.05) is 26.2 Å². The van der Waals surface area contributed by atoms with Gasteiger partial charge in [0.2, 0.25) is 0 Å². The fourth-order valence-electron chi connectivity index (χ4n) is 3.60. The number of halogens is 1. The number of nitrogens with zero attached hydrogens (tertiary/aromatic N) is 2. The summed E-state index contributed by atoms with van der Waals surface area (Å²) in [6.45, 7) is 6.34. The molecule has 0 amide bonds. The molecule has 25 heavy (non-hydrogen) atoms. The molecular weight excluding hydrogens is 423 g/mol. The molecular formula is C20H29IN4. The van der Waals surface area contributed by atoms with Crippen LogP contribution in [0.15, 0.2) is 47.5 Å². The summed E-state index contributed by atoms with van der Waals surface area (Å²) in [7, 11) is 1.84. The minimum Gasteiger partial charge on any atom is -0.355 e. The van der Waals surface area contributed by atoms with Crippen molar-refractivity contribution in [3.05, 3.63) is 48.0 Å². The number of hydrogen-bond acceptors (Lipinski definition) is 2. The van der Waals surface area contributed by atoms with Crippen LogP contribution < -0.4 is 10.6 Å². The van der Waals surface area contributed by atoms with Crippen LogP contribution in [0.5, 0.6) is 0 Å². The van der Waals surface area contributed by atoms with E-state index in [-0.39, 0.29) is 24.0 Å². The first-order chi connectivity index (χ1) is 11.8. The maximum atomic E-state index is 4.37. The standard InChI is InChI=1S/C20H28N4.HI/c1-3-24-13-7-11-18(24)15-23-20(21-2)22-14-17-10-6-9-16-8-4-5-12-19(16)17;/h4-6,8-10,12,18H,3,7,11,13-15H2,1-2H3,(H2,21,22,23);1H. The van der Waals surface area contributed by atoms with Crippen molar-refractivity contribution in [2.24, 2.45) is 4.99 Å². The highest BCUT2D eigenvalue weighted by Crippen LogP contribution is 2.18. The zero-order chi connectivity index (χ0) is 16.8. The van der Waals surface area contributed by atoms with E-state index in [9.17, 15) is 0 Å². The van der Waals surface area contributed by atoms with Crippen LogP contribution in [0.2, 0.25) is 0 Å². The summed E-state index contributed by atoms with van der Waals surface area (Å²) >= 11 is 0. The minimum atomic E-state index is 0. The Hall–Kier alpha value is -1.34. The lowest BCUT2D eigenvalue weighted by Gasteiger charge is -2.24. The number of hydrogen-bond donors (Lipinski definition) is 2. The van der Waals surface area contributed by atoms with Crippen LogP contribution in [0, 0.1) is 0 Å². The lowest BCUT2D eigenvalue weighted by molar-refractivity contribution is 0.267. The van der Waals surface area contributed by atoms with Gasteiger partial charge in [0.1, 0.15) is 0 Å². The first kappa shape index (κ1) is 20.0. The van der Waals surface area contributed by atoms with Crippen LogP contribution in [0.3, 0.4) is 0 Å². The van der Waals surface area contributed by atoms with E-state index in [1.54, 1.807) is 0 Å². The molecule has 1 unspecified atom stereocenters. The van der Waals surface area contributed by atoms with Crippen LogP contribution in [0.1, 0.15) is 25.3 Å². The molecule has 1 saturated heterocycles. The molecule has 3 rings (SSSR count). The molecule has 0 aromatic heterocycles. The summed E-state index contributed by atoms with van der Waals surface area (Å²) in [5.41, 5.74) is 1.30. The van der Waals surface area contributed by atoms with Crippen LogP contribution in [-0.4, -0.2) is 43.6 Å². The van der Waals surface area contributed by atoms with Crippen molar-refractivity contribution in [3.8, 4) is 0 Å². The highest BCUT2D eigenvalue weighted by atomic mass is 127. The third-order valence-corrected chi connectivity index (χ3v) is 4.96. The number of rotatable bonds is 5. The summed E-state index contributed by atoms with van der Waals surface area (Å²) in [5.74, 6) is 0.880. The molecule has 0 spiro atoms. The van der Waals surface area contributed by atoms with E-state index in [1.165, 1.54) is 35.7 Å². The molecule has 1 atom stereocenters. The van der Waals surface area contributed by atoms with E-state index in [0.717, 1.165) is 25.6 Å². The Morgan fingerprint density at radius 2 is 1.96 bits per heavy atom. The van der Waals surface area contributed by atoms with Crippen LogP contribution >= 0.6 is 24.0 Å². The zero-order valence-electron chi connectivity index (χ0n) is 15.2. The number of aliphatic imine (C=N–C) groups is 1. The summed E-state index contributed by atoms with van der Waals surface area (Å²) in [6.07, 6.45) is 2.59. The molecule has 0 aliphatic carbocycles. The maximum absolute atomic E-state index is 4.37. The summed E-state index contributed by atoms with van der Waals surface area (Å²) in [4.78, 5) is 6.92. The van der Waals surface area contributed by atoms with Gasteiger partial charge in [-0.3, -0.25) is 9.89 Å². The smallest absolute Gasteiger partial charge is 0.191 e. The second kappa shape index (κ2) is 9.97. The Morgan fingerprint density at radius 1 is 1.16 bits per heavy atom. The Labute approximate surface area is 168 Å². The number of nitrogens with one attached hydrogen (secondary N) is 2. The second-order valence-electron chi connectivity index (χ2n) is 6.37. The molecule has 0 radical (unpaired) electrons. The van der Waals surface area contributed by atoms with Crippen molar-refractivity contribution >= 4 is 40.7 Å². The molecule has 0 bridgehead atoms. The monoisotopic (exact) mass is 452 g/mol. The van der Waals surface area contributed by atoms with Crippen LogP contribution in [-0.2, 0) is 6.54 Å². The first-order valence-electron chi connectivity index (χ1n) is 8.97. The number of likely N-dealkylation sites (tertiary alicyclic amines) is 1. The number of likely N-dealkylation sites (N-methyl/N-ethyl adjacent to an activating group) is 1. The first-order valence-corrected chi connectivity index (χ1v) is 8.97. The van der Waals surface area contributed by atoms with Crippen molar-refractivity contribution in [3.63, 3.8) is 0 Å². The summed E-state index contributed by atoms with van der Waals surface area (Å²) < 4.78 is 0. The SMILES string of the molecule is CCN1CCCC1CNC(=NC)NCc1cccc2ccccc12.I. The molecule has 136 valence electrons. The molecule has 0 saturated carbocycles. The van der Waals surface area contributed by atoms with E-state index in [4.69, 9.17) is 0 Å². The van der Waals surface area contributed by atoms with Gasteiger partial charge < -0.3 is 10.6 Å². The normalized spacial score (nSPS) is 18.2. The maximum Gasteiger partial charge on any atom is 0.191 e. The Bertz CT molecular complexity index is 696. The average molecular weight is 452 g/mol. The number of benzene rings is 2. The topological polar surface area (TPSA) is 39.7 Å². The predicted molar refractivity (Wildman–Crippen MR) is 118 cm³/mol. The van der Waals surface area contributed by atoms with E-state index >= 15 is 0 Å². The van der Waals surface area contributed by atoms with Crippen molar-refractivity contribution in [1.82, 2.24) is 15.5 Å². The minimum absolute atomic E-state index is 0. The average Bonchev–Trinajstić information content (AvgIpc) is 3.09. The van der Waals surface area contributed by atoms with E-state index in [2.05, 4.69) is 69.9 Å². The van der Waals surface area contributed by atoms with Gasteiger partial charge in [0.15, 0.2) is 5.96 Å². The van der Waals surface area contributed by atoms with Crippen LogP contribution in [0.25, 0.3) is 10.8 Å². The summed E-state index contributed by atoms with van der Waals surface area (Å²) in [5, 5.41) is 9.53. The fraction of sp³-hybridized carbons (Fsp3) is 0.450. The predicted octanol–water partition coefficient (Wildman–Crippen LogP) is 3.61. The van der Waals surface area contributed by atoms with Crippen molar-refractivity contribution in [2.45, 2.75) is 32.4 Å². The van der Waals surface area contributed by atoms with Gasteiger partial charge in [-0.2, -0.15) is 0 Å². The van der Waals surface area contributed by atoms with Crippen molar-refractivity contribution in [2.75, 3.05) is 26.7 Å². The molecule has 1 heterocycles. The van der Waals surface area contributed by atoms with Gasteiger partial charge in [-0.25, -0.2) is 0 Å². The highest BCUT2D eigenvalue weighted by molar-refractivity contribution is 14.0. The van der Waals surface area contributed by atoms with Gasteiger partial charge >= 0.3 is 0 Å². The Morgan fingerprint density at radius 3 is 2.76 bits per heavy atom. The number of fused-ring (bicyclic) bond motifs is 1. The molecule has 1 aliphatic rings. The highest BCUT2D eigenvalue weighted by Gasteiger charge is 2.22. The third kappa shape index (κ3) is 5.07. The lowest BCUT2D eigenvalue weighted by atomic mass is 10.0. The van der Waals surface area contributed by atoms with Gasteiger partial charge in [0.05, 0.1) is 0 Å². The quantitative estimate of drug-likeness (QED) is 0.414. The van der Waals surface area contributed by atoms with Gasteiger partial charge in [-0.05, 0) is 42.3 Å². The van der Waals surface area contributed by atoms with Crippen molar-refractivity contribution in [1.29, 1.82) is 0 Å². The second-order valence-corrected chi connectivity index (χ2v) is 6.37. The Kier molecular flexibility index (Phi) is 7.96. The van der Waals surface area contributed by atoms with Gasteiger partial charge in [-0.15, -0.1) is 24.0 Å². The molecule has 5 heteroatoms. The molecule has 2 aromatic carbocycles. The Balaban J connectivity index is 0.00000225. The van der Waals surface area contributed by atoms with Crippen molar-refractivity contribution < 1.29 is 0 Å². The molecule has 1 aliphatic heterocycles. The van der Waals surface area contributed by atoms with Gasteiger partial charge in [-0.1, -0.05) is 49.4 Å². The molecule has 2 N–H and O–H groups in total. The fourth-order valence-corrected chi connectivity index (χ4v) is 3.60. The third-order valence-electron chi connectivity index (χ3n) is 4.96. The number of guanidine groups is 1.